The van der Waals surface area contributed by atoms with Gasteiger partial charge in [0.05, 0.1) is 0 Å². The molecule has 0 saturated carbocycles. The van der Waals surface area contributed by atoms with E-state index >= 15 is 0 Å². The molecule has 0 aliphatic rings. The molecule has 0 bridgehead atoms. The molecule has 0 spiro atoms. The second-order valence-electron chi connectivity index (χ2n) is 3.29. The maximum absolute atomic E-state index is 3.48. The lowest BCUT2D eigenvalue weighted by molar-refractivity contribution is 0.742. The second-order valence-corrected chi connectivity index (χ2v) is 4.50. The van der Waals surface area contributed by atoms with Gasteiger partial charge in [-0.15, -0.1) is 0 Å². The third-order valence-corrected chi connectivity index (χ3v) is 3.13. The van der Waals surface area contributed by atoms with Crippen LogP contribution in [0.15, 0.2) is 10.9 Å². The van der Waals surface area contributed by atoms with Gasteiger partial charge >= 0.3 is 0 Å². The third kappa shape index (κ3) is 4.60. The minimum Gasteiger partial charge on any atom is -0.389 e. The van der Waals surface area contributed by atoms with E-state index in [4.69, 9.17) is 0 Å². The first kappa shape index (κ1) is 11.8. The average Bonchev–Trinajstić information content (AvgIpc) is 2.04. The van der Waals surface area contributed by atoms with Crippen LogP contribution in [0.3, 0.4) is 0 Å². The summed E-state index contributed by atoms with van der Waals surface area (Å²) >= 11 is 0. The third-order valence-electron chi connectivity index (χ3n) is 2.03. The van der Waals surface area contributed by atoms with Crippen LogP contribution in [0.4, 0.5) is 0 Å². The lowest BCUT2D eigenvalue weighted by atomic mass is 10.2. The van der Waals surface area contributed by atoms with E-state index < -0.39 is 0 Å². The molecule has 0 unspecified atom stereocenters. The largest absolute Gasteiger partial charge is 0.389 e. The molecule has 0 amide bonds. The van der Waals surface area contributed by atoms with Gasteiger partial charge in [-0.2, -0.15) is 0 Å². The van der Waals surface area contributed by atoms with E-state index in [9.17, 15) is 0 Å². The Morgan fingerprint density at radius 1 is 1.08 bits per heavy atom. The van der Waals surface area contributed by atoms with Crippen molar-refractivity contribution in [2.75, 3.05) is 6.54 Å². The second kappa shape index (κ2) is 7.41. The number of hydrogen-bond donors (Lipinski definition) is 1. The van der Waals surface area contributed by atoms with Crippen LogP contribution in [0.2, 0.25) is 0 Å². The molecule has 1 N–H and O–H groups in total. The molecule has 0 atom stereocenters. The van der Waals surface area contributed by atoms with E-state index in [2.05, 4.69) is 26.1 Å². The summed E-state index contributed by atoms with van der Waals surface area (Å²) in [5.41, 5.74) is 1.54. The first-order valence-corrected chi connectivity index (χ1v) is 6.18. The van der Waals surface area contributed by atoms with Gasteiger partial charge in [0.1, 0.15) is 0 Å². The SMILES string of the molecule is CCCC([SiH3])=C(CCC)NCC. The van der Waals surface area contributed by atoms with Crippen molar-refractivity contribution >= 4 is 10.2 Å². The van der Waals surface area contributed by atoms with Crippen LogP contribution in [-0.4, -0.2) is 16.8 Å². The van der Waals surface area contributed by atoms with E-state index in [0.717, 1.165) is 6.54 Å². The first-order chi connectivity index (χ1) is 5.76. The highest BCUT2D eigenvalue weighted by Crippen LogP contribution is 2.10. The molecule has 1 nitrogen and oxygen atoms in total. The van der Waals surface area contributed by atoms with Gasteiger partial charge in [-0.3, -0.25) is 0 Å². The Labute approximate surface area is 80.1 Å². The molecule has 0 aromatic carbocycles. The van der Waals surface area contributed by atoms with Crippen LogP contribution in [0.5, 0.6) is 0 Å². The van der Waals surface area contributed by atoms with E-state index in [1.165, 1.54) is 41.6 Å². The smallest absolute Gasteiger partial charge is 0.0355 e. The van der Waals surface area contributed by atoms with Crippen LogP contribution >= 0.6 is 0 Å². The highest BCUT2D eigenvalue weighted by atomic mass is 28.1. The Morgan fingerprint density at radius 3 is 2.08 bits per heavy atom. The van der Waals surface area contributed by atoms with Crippen LogP contribution in [0.1, 0.15) is 46.5 Å². The minimum absolute atomic E-state index is 1.07. The zero-order chi connectivity index (χ0) is 9.40. The molecule has 0 heterocycles. The van der Waals surface area contributed by atoms with Gasteiger partial charge in [-0.1, -0.05) is 31.9 Å². The van der Waals surface area contributed by atoms with Gasteiger partial charge < -0.3 is 5.32 Å². The van der Waals surface area contributed by atoms with Gasteiger partial charge in [0.15, 0.2) is 0 Å². The van der Waals surface area contributed by atoms with Crippen LogP contribution < -0.4 is 5.32 Å². The van der Waals surface area contributed by atoms with Crippen molar-refractivity contribution in [3.63, 3.8) is 0 Å². The summed E-state index contributed by atoms with van der Waals surface area (Å²) in [6, 6.07) is 0. The summed E-state index contributed by atoms with van der Waals surface area (Å²) in [6.45, 7) is 7.76. The van der Waals surface area contributed by atoms with E-state index in [1.54, 1.807) is 5.20 Å². The summed E-state index contributed by atoms with van der Waals surface area (Å²) in [5.74, 6) is 0. The van der Waals surface area contributed by atoms with Crippen molar-refractivity contribution in [1.29, 1.82) is 0 Å². The van der Waals surface area contributed by atoms with Crippen molar-refractivity contribution in [2.45, 2.75) is 46.5 Å². The molecule has 0 aromatic heterocycles. The van der Waals surface area contributed by atoms with Gasteiger partial charge in [0, 0.05) is 22.5 Å². The normalized spacial score (nSPS) is 12.9. The molecular formula is C10H23NSi. The van der Waals surface area contributed by atoms with Crippen molar-refractivity contribution in [2.24, 2.45) is 0 Å². The molecule has 72 valence electrons. The van der Waals surface area contributed by atoms with Crippen molar-refractivity contribution in [1.82, 2.24) is 5.32 Å². The first-order valence-electron chi connectivity index (χ1n) is 5.18. The van der Waals surface area contributed by atoms with Crippen LogP contribution in [0.25, 0.3) is 0 Å². The van der Waals surface area contributed by atoms with E-state index in [-0.39, 0.29) is 0 Å². The Morgan fingerprint density at radius 2 is 1.67 bits per heavy atom. The molecular weight excluding hydrogens is 162 g/mol. The Balaban J connectivity index is 4.11. The van der Waals surface area contributed by atoms with Crippen molar-refractivity contribution < 1.29 is 0 Å². The van der Waals surface area contributed by atoms with Crippen molar-refractivity contribution in [3.8, 4) is 0 Å². The van der Waals surface area contributed by atoms with E-state index in [0.29, 0.717) is 0 Å². The Bertz CT molecular complexity index is 133. The van der Waals surface area contributed by atoms with Crippen molar-refractivity contribution in [3.05, 3.63) is 10.9 Å². The predicted molar refractivity (Wildman–Crippen MR) is 60.5 cm³/mol. The summed E-state index contributed by atoms with van der Waals surface area (Å²) in [4.78, 5) is 0. The molecule has 0 aliphatic carbocycles. The van der Waals surface area contributed by atoms with Crippen LogP contribution in [-0.2, 0) is 0 Å². The number of nitrogens with one attached hydrogen (secondary N) is 1. The predicted octanol–water partition coefficient (Wildman–Crippen LogP) is 1.77. The maximum atomic E-state index is 3.48. The fourth-order valence-electron chi connectivity index (χ4n) is 1.44. The fourth-order valence-corrected chi connectivity index (χ4v) is 2.37. The lowest BCUT2D eigenvalue weighted by Gasteiger charge is -2.12. The summed E-state index contributed by atoms with van der Waals surface area (Å²) in [5, 5.41) is 5.16. The van der Waals surface area contributed by atoms with Gasteiger partial charge in [0.25, 0.3) is 0 Å². The molecule has 0 radical (unpaired) electrons. The summed E-state index contributed by atoms with van der Waals surface area (Å²) in [6.07, 6.45) is 5.09. The van der Waals surface area contributed by atoms with E-state index in [1.807, 2.05) is 0 Å². The monoisotopic (exact) mass is 185 g/mol. The fraction of sp³-hybridized carbons (Fsp3) is 0.800. The maximum Gasteiger partial charge on any atom is 0.0355 e. The number of hydrogen-bond acceptors (Lipinski definition) is 1. The summed E-state index contributed by atoms with van der Waals surface area (Å²) < 4.78 is 0. The summed E-state index contributed by atoms with van der Waals surface area (Å²) in [7, 11) is 1.23. The molecule has 2 heteroatoms. The molecule has 0 aromatic rings. The minimum atomic E-state index is 1.07. The van der Waals surface area contributed by atoms with Crippen LogP contribution in [0, 0.1) is 0 Å². The van der Waals surface area contributed by atoms with Gasteiger partial charge in [-0.05, 0) is 19.8 Å². The lowest BCUT2D eigenvalue weighted by Crippen LogP contribution is -2.14. The standard InChI is InChI=1S/C10H23NSi/c1-4-7-9(11-6-3)10(12)8-5-2/h11H,4-8H2,1-3,12H3. The molecule has 0 aliphatic heterocycles. The molecule has 12 heavy (non-hydrogen) atoms. The quantitative estimate of drug-likeness (QED) is 0.622. The number of rotatable bonds is 6. The van der Waals surface area contributed by atoms with Gasteiger partial charge in [0.2, 0.25) is 0 Å². The highest BCUT2D eigenvalue weighted by molar-refractivity contribution is 6.21. The number of allylic oxidation sites excluding steroid dienone is 2. The Hall–Kier alpha value is -0.243. The highest BCUT2D eigenvalue weighted by Gasteiger charge is 1.98. The average molecular weight is 185 g/mol. The Kier molecular flexibility index (Phi) is 7.26. The molecule has 0 rings (SSSR count). The zero-order valence-electron chi connectivity index (χ0n) is 9.04. The molecule has 0 saturated heterocycles. The van der Waals surface area contributed by atoms with Gasteiger partial charge in [-0.25, -0.2) is 0 Å². The zero-order valence-corrected chi connectivity index (χ0v) is 11.0. The molecule has 0 fully saturated rings. The topological polar surface area (TPSA) is 12.0 Å².